The molecule has 20 heavy (non-hydrogen) atoms. The summed E-state index contributed by atoms with van der Waals surface area (Å²) in [5, 5.41) is 3.22. The SMILES string of the molecule is CCNc1cc(N)ccc1C(=O)N1CCN(CC)CC1. The third-order valence-corrected chi connectivity index (χ3v) is 3.75. The Hall–Kier alpha value is -1.75. The molecule has 1 aliphatic rings. The second-order valence-electron chi connectivity index (χ2n) is 5.06. The number of hydrogen-bond acceptors (Lipinski definition) is 4. The zero-order valence-corrected chi connectivity index (χ0v) is 12.4. The van der Waals surface area contributed by atoms with Crippen LogP contribution in [0.3, 0.4) is 0 Å². The summed E-state index contributed by atoms with van der Waals surface area (Å²) in [6, 6.07) is 5.44. The van der Waals surface area contributed by atoms with Gasteiger partial charge in [-0.2, -0.15) is 0 Å². The van der Waals surface area contributed by atoms with Gasteiger partial charge in [0.1, 0.15) is 0 Å². The number of likely N-dealkylation sites (N-methyl/N-ethyl adjacent to an activating group) is 1. The van der Waals surface area contributed by atoms with Crippen LogP contribution in [-0.4, -0.2) is 55.0 Å². The highest BCUT2D eigenvalue weighted by Crippen LogP contribution is 2.21. The smallest absolute Gasteiger partial charge is 0.256 e. The fourth-order valence-electron chi connectivity index (χ4n) is 2.52. The second kappa shape index (κ2) is 6.61. The number of piperazine rings is 1. The number of hydrogen-bond donors (Lipinski definition) is 2. The first-order valence-corrected chi connectivity index (χ1v) is 7.30. The molecule has 5 heteroatoms. The molecule has 1 amide bonds. The van der Waals surface area contributed by atoms with E-state index in [1.54, 1.807) is 6.07 Å². The Morgan fingerprint density at radius 1 is 1.25 bits per heavy atom. The average Bonchev–Trinajstić information content (AvgIpc) is 2.47. The zero-order chi connectivity index (χ0) is 14.5. The van der Waals surface area contributed by atoms with E-state index in [0.717, 1.165) is 45.0 Å². The predicted molar refractivity (Wildman–Crippen MR) is 83.0 cm³/mol. The Bertz CT molecular complexity index is 467. The summed E-state index contributed by atoms with van der Waals surface area (Å²) in [6.07, 6.45) is 0. The summed E-state index contributed by atoms with van der Waals surface area (Å²) in [7, 11) is 0. The number of nitrogen functional groups attached to an aromatic ring is 1. The summed E-state index contributed by atoms with van der Waals surface area (Å²) in [6.45, 7) is 9.48. The Morgan fingerprint density at radius 3 is 2.55 bits per heavy atom. The van der Waals surface area contributed by atoms with E-state index in [-0.39, 0.29) is 5.91 Å². The van der Waals surface area contributed by atoms with Gasteiger partial charge in [0, 0.05) is 44.1 Å². The van der Waals surface area contributed by atoms with Crippen molar-refractivity contribution in [2.24, 2.45) is 0 Å². The maximum atomic E-state index is 12.6. The largest absolute Gasteiger partial charge is 0.399 e. The molecule has 0 radical (unpaired) electrons. The first-order valence-electron chi connectivity index (χ1n) is 7.30. The summed E-state index contributed by atoms with van der Waals surface area (Å²) in [4.78, 5) is 16.9. The quantitative estimate of drug-likeness (QED) is 0.818. The summed E-state index contributed by atoms with van der Waals surface area (Å²) < 4.78 is 0. The Labute approximate surface area is 120 Å². The van der Waals surface area contributed by atoms with Gasteiger partial charge < -0.3 is 20.9 Å². The molecule has 1 aromatic carbocycles. The van der Waals surface area contributed by atoms with Crippen molar-refractivity contribution < 1.29 is 4.79 Å². The van der Waals surface area contributed by atoms with Crippen LogP contribution in [0.1, 0.15) is 24.2 Å². The fraction of sp³-hybridized carbons (Fsp3) is 0.533. The molecule has 0 atom stereocenters. The number of carbonyl (C=O) groups excluding carboxylic acids is 1. The highest BCUT2D eigenvalue weighted by atomic mass is 16.2. The molecule has 0 aliphatic carbocycles. The first kappa shape index (κ1) is 14.7. The van der Waals surface area contributed by atoms with Gasteiger partial charge in [0.15, 0.2) is 0 Å². The molecule has 5 nitrogen and oxygen atoms in total. The molecule has 0 unspecified atom stereocenters. The number of anilines is 2. The van der Waals surface area contributed by atoms with Crippen LogP contribution < -0.4 is 11.1 Å². The van der Waals surface area contributed by atoms with E-state index >= 15 is 0 Å². The molecule has 1 heterocycles. The van der Waals surface area contributed by atoms with Gasteiger partial charge in [-0.3, -0.25) is 4.79 Å². The number of nitrogens with zero attached hydrogens (tertiary/aromatic N) is 2. The lowest BCUT2D eigenvalue weighted by molar-refractivity contribution is 0.0644. The third-order valence-electron chi connectivity index (χ3n) is 3.75. The van der Waals surface area contributed by atoms with Gasteiger partial charge in [-0.15, -0.1) is 0 Å². The molecule has 2 rings (SSSR count). The highest BCUT2D eigenvalue weighted by molar-refractivity contribution is 6.00. The topological polar surface area (TPSA) is 61.6 Å². The molecule has 110 valence electrons. The standard InChI is InChI=1S/C15H24N4O/c1-3-17-14-11-12(16)5-6-13(14)15(20)19-9-7-18(4-2)8-10-19/h5-6,11,17H,3-4,7-10,16H2,1-2H3. The molecule has 1 saturated heterocycles. The van der Waals surface area contributed by atoms with E-state index in [4.69, 9.17) is 5.73 Å². The normalized spacial score (nSPS) is 16.2. The molecule has 1 aliphatic heterocycles. The van der Waals surface area contributed by atoms with Gasteiger partial charge in [0.05, 0.1) is 5.56 Å². The van der Waals surface area contributed by atoms with E-state index in [1.165, 1.54) is 0 Å². The minimum Gasteiger partial charge on any atom is -0.399 e. The van der Waals surface area contributed by atoms with Crippen LogP contribution in [0.25, 0.3) is 0 Å². The van der Waals surface area contributed by atoms with Gasteiger partial charge in [-0.05, 0) is 31.7 Å². The molecular weight excluding hydrogens is 252 g/mol. The number of nitrogens with two attached hydrogens (primary N) is 1. The molecule has 0 saturated carbocycles. The maximum absolute atomic E-state index is 12.6. The van der Waals surface area contributed by atoms with Crippen LogP contribution in [0.4, 0.5) is 11.4 Å². The highest BCUT2D eigenvalue weighted by Gasteiger charge is 2.23. The lowest BCUT2D eigenvalue weighted by Gasteiger charge is -2.34. The number of carbonyl (C=O) groups is 1. The number of amides is 1. The second-order valence-corrected chi connectivity index (χ2v) is 5.06. The first-order chi connectivity index (χ1) is 9.65. The van der Waals surface area contributed by atoms with Gasteiger partial charge in [0.2, 0.25) is 0 Å². The van der Waals surface area contributed by atoms with E-state index in [0.29, 0.717) is 11.3 Å². The van der Waals surface area contributed by atoms with Gasteiger partial charge >= 0.3 is 0 Å². The minimum absolute atomic E-state index is 0.0942. The van der Waals surface area contributed by atoms with Crippen LogP contribution in [0.2, 0.25) is 0 Å². The van der Waals surface area contributed by atoms with Crippen molar-refractivity contribution in [3.63, 3.8) is 0 Å². The van der Waals surface area contributed by atoms with Crippen LogP contribution in [-0.2, 0) is 0 Å². The Balaban J connectivity index is 2.13. The molecule has 1 aromatic rings. The third kappa shape index (κ3) is 3.22. The molecule has 0 bridgehead atoms. The number of benzene rings is 1. The molecular formula is C15H24N4O. The molecule has 0 aromatic heterocycles. The summed E-state index contributed by atoms with van der Waals surface area (Å²) in [5.74, 6) is 0.0942. The van der Waals surface area contributed by atoms with Crippen LogP contribution in [0.15, 0.2) is 18.2 Å². The van der Waals surface area contributed by atoms with Gasteiger partial charge in [-0.25, -0.2) is 0 Å². The lowest BCUT2D eigenvalue weighted by atomic mass is 10.1. The number of nitrogens with one attached hydrogen (secondary N) is 1. The van der Waals surface area contributed by atoms with Crippen molar-refractivity contribution in [1.82, 2.24) is 9.80 Å². The molecule has 1 fully saturated rings. The van der Waals surface area contributed by atoms with Crippen molar-refractivity contribution >= 4 is 17.3 Å². The monoisotopic (exact) mass is 276 g/mol. The van der Waals surface area contributed by atoms with E-state index in [2.05, 4.69) is 17.1 Å². The van der Waals surface area contributed by atoms with Crippen LogP contribution >= 0.6 is 0 Å². The predicted octanol–water partition coefficient (Wildman–Crippen LogP) is 1.48. The maximum Gasteiger partial charge on any atom is 0.256 e. The average molecular weight is 276 g/mol. The van der Waals surface area contributed by atoms with E-state index in [1.807, 2.05) is 24.0 Å². The zero-order valence-electron chi connectivity index (χ0n) is 12.4. The molecule has 3 N–H and O–H groups in total. The van der Waals surface area contributed by atoms with Gasteiger partial charge in [-0.1, -0.05) is 6.92 Å². The summed E-state index contributed by atoms with van der Waals surface area (Å²) in [5.41, 5.74) is 8.02. The van der Waals surface area contributed by atoms with E-state index in [9.17, 15) is 4.79 Å². The van der Waals surface area contributed by atoms with Crippen molar-refractivity contribution in [1.29, 1.82) is 0 Å². The Morgan fingerprint density at radius 2 is 1.95 bits per heavy atom. The van der Waals surface area contributed by atoms with Crippen molar-refractivity contribution in [3.8, 4) is 0 Å². The number of rotatable bonds is 4. The van der Waals surface area contributed by atoms with Crippen LogP contribution in [0.5, 0.6) is 0 Å². The molecule has 0 spiro atoms. The van der Waals surface area contributed by atoms with Crippen LogP contribution in [0, 0.1) is 0 Å². The lowest BCUT2D eigenvalue weighted by Crippen LogP contribution is -2.48. The Kier molecular flexibility index (Phi) is 4.84. The van der Waals surface area contributed by atoms with Crippen molar-refractivity contribution in [2.75, 3.05) is 50.3 Å². The van der Waals surface area contributed by atoms with Crippen molar-refractivity contribution in [2.45, 2.75) is 13.8 Å². The minimum atomic E-state index is 0.0942. The van der Waals surface area contributed by atoms with Gasteiger partial charge in [0.25, 0.3) is 5.91 Å². The van der Waals surface area contributed by atoms with E-state index < -0.39 is 0 Å². The summed E-state index contributed by atoms with van der Waals surface area (Å²) >= 11 is 0. The van der Waals surface area contributed by atoms with Crippen molar-refractivity contribution in [3.05, 3.63) is 23.8 Å². The fourth-order valence-corrected chi connectivity index (χ4v) is 2.52.